The Morgan fingerprint density at radius 3 is 2.47 bits per heavy atom. The number of hydrogen-bond acceptors (Lipinski definition) is 1. The molecule has 0 radical (unpaired) electrons. The van der Waals surface area contributed by atoms with E-state index in [1.807, 2.05) is 12.1 Å². The topological polar surface area (TPSA) is 9.23 Å². The van der Waals surface area contributed by atoms with Crippen LogP contribution in [0.1, 0.15) is 18.9 Å². The molecule has 3 atom stereocenters. The molecule has 1 nitrogen and oxygen atoms in total. The second-order valence-corrected chi connectivity index (χ2v) is 5.01. The van der Waals surface area contributed by atoms with E-state index in [2.05, 4.69) is 19.1 Å². The van der Waals surface area contributed by atoms with Crippen molar-refractivity contribution in [3.05, 3.63) is 29.8 Å². The summed E-state index contributed by atoms with van der Waals surface area (Å²) in [7, 11) is 1.69. The minimum absolute atomic E-state index is 0.299. The normalized spacial score (nSPS) is 26.1. The standard InChI is InChI=1S/C13H17ClO/c1-9-7-12(9)13(14)8-10-3-5-11(15-2)6-4-10/h3-6,9,12-13H,7-8H2,1-2H3. The van der Waals surface area contributed by atoms with Crippen LogP contribution in [-0.2, 0) is 6.42 Å². The maximum absolute atomic E-state index is 6.35. The third-order valence-electron chi connectivity index (χ3n) is 3.23. The van der Waals surface area contributed by atoms with Gasteiger partial charge in [-0.2, -0.15) is 0 Å². The fraction of sp³-hybridized carbons (Fsp3) is 0.538. The van der Waals surface area contributed by atoms with Gasteiger partial charge in [0.15, 0.2) is 0 Å². The van der Waals surface area contributed by atoms with Gasteiger partial charge < -0.3 is 4.74 Å². The Morgan fingerprint density at radius 2 is 2.00 bits per heavy atom. The van der Waals surface area contributed by atoms with Gasteiger partial charge in [0.25, 0.3) is 0 Å². The largest absolute Gasteiger partial charge is 0.497 e. The van der Waals surface area contributed by atoms with Gasteiger partial charge in [0.1, 0.15) is 5.75 Å². The van der Waals surface area contributed by atoms with Gasteiger partial charge in [-0.1, -0.05) is 19.1 Å². The van der Waals surface area contributed by atoms with Crippen LogP contribution < -0.4 is 4.74 Å². The molecular weight excluding hydrogens is 208 g/mol. The Labute approximate surface area is 96.4 Å². The first-order chi connectivity index (χ1) is 7.20. The number of ether oxygens (including phenoxy) is 1. The third-order valence-corrected chi connectivity index (χ3v) is 3.70. The van der Waals surface area contributed by atoms with E-state index in [9.17, 15) is 0 Å². The smallest absolute Gasteiger partial charge is 0.118 e. The Kier molecular flexibility index (Phi) is 3.20. The molecule has 0 bridgehead atoms. The van der Waals surface area contributed by atoms with Crippen molar-refractivity contribution in [2.24, 2.45) is 11.8 Å². The van der Waals surface area contributed by atoms with E-state index in [0.29, 0.717) is 5.38 Å². The maximum atomic E-state index is 6.35. The van der Waals surface area contributed by atoms with Crippen LogP contribution in [-0.4, -0.2) is 12.5 Å². The number of benzene rings is 1. The molecule has 2 heteroatoms. The molecular formula is C13H17ClO. The fourth-order valence-electron chi connectivity index (χ4n) is 1.99. The zero-order valence-corrected chi connectivity index (χ0v) is 10.00. The van der Waals surface area contributed by atoms with Crippen LogP contribution in [0, 0.1) is 11.8 Å². The minimum atomic E-state index is 0.299. The summed E-state index contributed by atoms with van der Waals surface area (Å²) < 4.78 is 5.12. The van der Waals surface area contributed by atoms with Crippen LogP contribution in [0.25, 0.3) is 0 Å². The van der Waals surface area contributed by atoms with E-state index in [0.717, 1.165) is 24.0 Å². The number of alkyl halides is 1. The first kappa shape index (κ1) is 10.8. The summed E-state index contributed by atoms with van der Waals surface area (Å²) in [5.74, 6) is 2.46. The lowest BCUT2D eigenvalue weighted by molar-refractivity contribution is 0.414. The third kappa shape index (κ3) is 2.66. The predicted molar refractivity (Wildman–Crippen MR) is 63.6 cm³/mol. The van der Waals surface area contributed by atoms with Crippen LogP contribution in [0.2, 0.25) is 0 Å². The molecule has 82 valence electrons. The van der Waals surface area contributed by atoms with Crippen molar-refractivity contribution in [3.8, 4) is 5.75 Å². The Morgan fingerprint density at radius 1 is 1.40 bits per heavy atom. The van der Waals surface area contributed by atoms with Crippen molar-refractivity contribution in [1.29, 1.82) is 0 Å². The summed E-state index contributed by atoms with van der Waals surface area (Å²) in [6.45, 7) is 2.27. The SMILES string of the molecule is COc1ccc(CC(Cl)C2CC2C)cc1. The van der Waals surface area contributed by atoms with Crippen LogP contribution in [0.15, 0.2) is 24.3 Å². The van der Waals surface area contributed by atoms with Crippen molar-refractivity contribution in [1.82, 2.24) is 0 Å². The van der Waals surface area contributed by atoms with Gasteiger partial charge >= 0.3 is 0 Å². The summed E-state index contributed by atoms with van der Waals surface area (Å²) >= 11 is 6.35. The molecule has 1 fully saturated rings. The lowest BCUT2D eigenvalue weighted by Gasteiger charge is -2.09. The maximum Gasteiger partial charge on any atom is 0.118 e. The van der Waals surface area contributed by atoms with E-state index < -0.39 is 0 Å². The highest BCUT2D eigenvalue weighted by atomic mass is 35.5. The molecule has 0 heterocycles. The van der Waals surface area contributed by atoms with E-state index in [1.165, 1.54) is 12.0 Å². The number of hydrogen-bond donors (Lipinski definition) is 0. The van der Waals surface area contributed by atoms with Gasteiger partial charge in [-0.25, -0.2) is 0 Å². The van der Waals surface area contributed by atoms with Crippen molar-refractivity contribution in [2.45, 2.75) is 25.1 Å². The summed E-state index contributed by atoms with van der Waals surface area (Å²) in [5, 5.41) is 0.299. The van der Waals surface area contributed by atoms with Gasteiger partial charge in [0.05, 0.1) is 7.11 Å². The van der Waals surface area contributed by atoms with E-state index in [1.54, 1.807) is 7.11 Å². The van der Waals surface area contributed by atoms with E-state index in [-0.39, 0.29) is 0 Å². The molecule has 1 aliphatic rings. The molecule has 0 spiro atoms. The second-order valence-electron chi connectivity index (χ2n) is 4.45. The molecule has 1 aromatic rings. The molecule has 0 N–H and O–H groups in total. The van der Waals surface area contributed by atoms with Crippen LogP contribution in [0.5, 0.6) is 5.75 Å². The highest BCUT2D eigenvalue weighted by Crippen LogP contribution is 2.43. The average molecular weight is 225 g/mol. The molecule has 3 unspecified atom stereocenters. The Bertz CT molecular complexity index is 320. The van der Waals surface area contributed by atoms with Crippen molar-refractivity contribution in [2.75, 3.05) is 7.11 Å². The number of methoxy groups -OCH3 is 1. The molecule has 1 aromatic carbocycles. The zero-order valence-electron chi connectivity index (χ0n) is 9.24. The van der Waals surface area contributed by atoms with Crippen molar-refractivity contribution < 1.29 is 4.74 Å². The lowest BCUT2D eigenvalue weighted by atomic mass is 10.1. The highest BCUT2D eigenvalue weighted by molar-refractivity contribution is 6.21. The average Bonchev–Trinajstić information content (AvgIpc) is 2.97. The van der Waals surface area contributed by atoms with Gasteiger partial charge in [-0.05, 0) is 42.4 Å². The Balaban J connectivity index is 1.92. The van der Waals surface area contributed by atoms with Gasteiger partial charge in [0.2, 0.25) is 0 Å². The van der Waals surface area contributed by atoms with Gasteiger partial charge in [-0.15, -0.1) is 11.6 Å². The summed E-state index contributed by atoms with van der Waals surface area (Å²) in [6.07, 6.45) is 2.27. The predicted octanol–water partition coefficient (Wildman–Crippen LogP) is 3.50. The first-order valence-corrected chi connectivity index (χ1v) is 5.91. The quantitative estimate of drug-likeness (QED) is 0.712. The van der Waals surface area contributed by atoms with Crippen molar-refractivity contribution in [3.63, 3.8) is 0 Å². The summed E-state index contributed by atoms with van der Waals surface area (Å²) in [6, 6.07) is 8.19. The second kappa shape index (κ2) is 4.44. The monoisotopic (exact) mass is 224 g/mol. The van der Waals surface area contributed by atoms with Crippen LogP contribution in [0.3, 0.4) is 0 Å². The Hall–Kier alpha value is -0.690. The number of rotatable bonds is 4. The van der Waals surface area contributed by atoms with Crippen LogP contribution >= 0.6 is 11.6 Å². The zero-order chi connectivity index (χ0) is 10.8. The highest BCUT2D eigenvalue weighted by Gasteiger charge is 2.38. The van der Waals surface area contributed by atoms with Gasteiger partial charge in [0, 0.05) is 5.38 Å². The minimum Gasteiger partial charge on any atom is -0.497 e. The molecule has 0 aromatic heterocycles. The molecule has 0 amide bonds. The molecule has 1 saturated carbocycles. The molecule has 0 aliphatic heterocycles. The fourth-order valence-corrected chi connectivity index (χ4v) is 2.52. The first-order valence-electron chi connectivity index (χ1n) is 5.47. The molecule has 0 saturated heterocycles. The van der Waals surface area contributed by atoms with Crippen molar-refractivity contribution >= 4 is 11.6 Å². The summed E-state index contributed by atoms with van der Waals surface area (Å²) in [4.78, 5) is 0. The van der Waals surface area contributed by atoms with E-state index >= 15 is 0 Å². The lowest BCUT2D eigenvalue weighted by Crippen LogP contribution is -2.06. The summed E-state index contributed by atoms with van der Waals surface area (Å²) in [5.41, 5.74) is 1.30. The van der Waals surface area contributed by atoms with Crippen LogP contribution in [0.4, 0.5) is 0 Å². The molecule has 2 rings (SSSR count). The van der Waals surface area contributed by atoms with Gasteiger partial charge in [-0.3, -0.25) is 0 Å². The molecule has 15 heavy (non-hydrogen) atoms. The van der Waals surface area contributed by atoms with E-state index in [4.69, 9.17) is 16.3 Å². The molecule has 1 aliphatic carbocycles. The number of halogens is 1.